The number of rotatable bonds is 3. The summed E-state index contributed by atoms with van der Waals surface area (Å²) in [5.41, 5.74) is 0.506. The van der Waals surface area contributed by atoms with Gasteiger partial charge < -0.3 is 5.11 Å². The van der Waals surface area contributed by atoms with Crippen LogP contribution in [0.1, 0.15) is 18.5 Å². The lowest BCUT2D eigenvalue weighted by Crippen LogP contribution is -2.40. The fraction of sp³-hybridized carbons (Fsp3) is 0.600. The van der Waals surface area contributed by atoms with Gasteiger partial charge in [0.25, 0.3) is 0 Å². The highest BCUT2D eigenvalue weighted by molar-refractivity contribution is 7.89. The molecule has 0 unspecified atom stereocenters. The molecule has 1 fully saturated rings. The van der Waals surface area contributed by atoms with Crippen LogP contribution in [0, 0.1) is 6.92 Å². The molecular weight excluding hydrogens is 258 g/mol. The van der Waals surface area contributed by atoms with Gasteiger partial charge in [-0.25, -0.2) is 8.42 Å². The second-order valence-corrected chi connectivity index (χ2v) is 6.19. The smallest absolute Gasteiger partial charge is 0.322 e. The molecule has 1 aromatic rings. The molecule has 1 saturated heterocycles. The van der Waals surface area contributed by atoms with Gasteiger partial charge in [-0.3, -0.25) is 9.48 Å². The lowest BCUT2D eigenvalue weighted by molar-refractivity contribution is -0.140. The second kappa shape index (κ2) is 4.36. The summed E-state index contributed by atoms with van der Waals surface area (Å²) in [6.07, 6.45) is 2.19. The van der Waals surface area contributed by atoms with Crippen molar-refractivity contribution < 1.29 is 18.3 Å². The monoisotopic (exact) mass is 273 g/mol. The molecule has 2 heterocycles. The van der Waals surface area contributed by atoms with Crippen molar-refractivity contribution in [1.29, 1.82) is 0 Å². The highest BCUT2D eigenvalue weighted by Crippen LogP contribution is 2.27. The minimum absolute atomic E-state index is 0.0816. The Labute approximate surface area is 105 Å². The van der Waals surface area contributed by atoms with Gasteiger partial charge in [-0.1, -0.05) is 0 Å². The van der Waals surface area contributed by atoms with E-state index in [0.717, 1.165) is 4.31 Å². The molecule has 0 radical (unpaired) electrons. The quantitative estimate of drug-likeness (QED) is 0.834. The minimum Gasteiger partial charge on any atom is -0.480 e. The normalized spacial score (nSPS) is 21.3. The fourth-order valence-corrected chi connectivity index (χ4v) is 3.97. The number of carbonyl (C=O) groups is 1. The van der Waals surface area contributed by atoms with Crippen LogP contribution in [0.3, 0.4) is 0 Å². The van der Waals surface area contributed by atoms with Gasteiger partial charge in [-0.15, -0.1) is 0 Å². The van der Waals surface area contributed by atoms with Gasteiger partial charge in [0.2, 0.25) is 10.0 Å². The molecule has 1 N–H and O–H groups in total. The zero-order valence-electron chi connectivity index (χ0n) is 10.2. The van der Waals surface area contributed by atoms with Crippen molar-refractivity contribution in [3.63, 3.8) is 0 Å². The van der Waals surface area contributed by atoms with Gasteiger partial charge in [-0.05, 0) is 19.8 Å². The first kappa shape index (κ1) is 13.0. The van der Waals surface area contributed by atoms with Gasteiger partial charge in [0.1, 0.15) is 10.9 Å². The average molecular weight is 273 g/mol. The van der Waals surface area contributed by atoms with E-state index in [4.69, 9.17) is 5.11 Å². The molecule has 1 aromatic heterocycles. The fourth-order valence-electron chi connectivity index (χ4n) is 2.13. The van der Waals surface area contributed by atoms with Crippen molar-refractivity contribution in [2.24, 2.45) is 7.05 Å². The summed E-state index contributed by atoms with van der Waals surface area (Å²) in [5, 5.41) is 12.9. The van der Waals surface area contributed by atoms with Gasteiger partial charge in [0.15, 0.2) is 0 Å². The zero-order chi connectivity index (χ0) is 13.5. The first-order valence-electron chi connectivity index (χ1n) is 5.59. The van der Waals surface area contributed by atoms with Crippen LogP contribution >= 0.6 is 0 Å². The maximum Gasteiger partial charge on any atom is 0.322 e. The van der Waals surface area contributed by atoms with E-state index in [1.54, 1.807) is 14.0 Å². The van der Waals surface area contributed by atoms with Crippen LogP contribution in [0.2, 0.25) is 0 Å². The second-order valence-electron chi connectivity index (χ2n) is 4.33. The van der Waals surface area contributed by atoms with Gasteiger partial charge >= 0.3 is 5.97 Å². The van der Waals surface area contributed by atoms with Crippen molar-refractivity contribution in [2.45, 2.75) is 30.7 Å². The average Bonchev–Trinajstić information content (AvgIpc) is 2.87. The summed E-state index contributed by atoms with van der Waals surface area (Å²) in [5.74, 6) is -1.10. The number of nitrogens with zero attached hydrogens (tertiary/aromatic N) is 3. The number of carboxylic acid groups (broad SMARTS) is 1. The maximum atomic E-state index is 12.4. The number of aliphatic carboxylic acids is 1. The molecule has 8 heteroatoms. The topological polar surface area (TPSA) is 92.5 Å². The third-order valence-electron chi connectivity index (χ3n) is 3.27. The molecule has 0 aliphatic carbocycles. The summed E-state index contributed by atoms with van der Waals surface area (Å²) < 4.78 is 27.3. The van der Waals surface area contributed by atoms with Crippen LogP contribution in [-0.4, -0.2) is 46.2 Å². The number of carboxylic acids is 1. The number of hydrogen-bond donors (Lipinski definition) is 1. The Bertz CT molecular complexity index is 578. The van der Waals surface area contributed by atoms with E-state index in [1.165, 1.54) is 10.9 Å². The molecule has 0 spiro atoms. The first-order chi connectivity index (χ1) is 8.35. The van der Waals surface area contributed by atoms with Gasteiger partial charge in [0.05, 0.1) is 11.9 Å². The predicted molar refractivity (Wildman–Crippen MR) is 62.5 cm³/mol. The summed E-state index contributed by atoms with van der Waals surface area (Å²) in [6.45, 7) is 1.89. The van der Waals surface area contributed by atoms with E-state index in [0.29, 0.717) is 18.5 Å². The van der Waals surface area contributed by atoms with E-state index >= 15 is 0 Å². The summed E-state index contributed by atoms with van der Waals surface area (Å²) in [6, 6.07) is -0.963. The Morgan fingerprint density at radius 2 is 2.22 bits per heavy atom. The van der Waals surface area contributed by atoms with Crippen molar-refractivity contribution in [3.05, 3.63) is 11.9 Å². The van der Waals surface area contributed by atoms with Crippen LogP contribution in [0.15, 0.2) is 11.1 Å². The summed E-state index contributed by atoms with van der Waals surface area (Å²) in [4.78, 5) is 11.1. The maximum absolute atomic E-state index is 12.4. The van der Waals surface area contributed by atoms with Crippen LogP contribution < -0.4 is 0 Å². The predicted octanol–water partition coefficient (Wildman–Crippen LogP) is -0.0338. The molecule has 1 aliphatic rings. The van der Waals surface area contributed by atoms with Crippen molar-refractivity contribution in [1.82, 2.24) is 14.1 Å². The van der Waals surface area contributed by atoms with Crippen LogP contribution in [0.4, 0.5) is 0 Å². The first-order valence-corrected chi connectivity index (χ1v) is 7.03. The van der Waals surface area contributed by atoms with Gasteiger partial charge in [-0.2, -0.15) is 9.40 Å². The molecule has 1 aliphatic heterocycles. The summed E-state index contributed by atoms with van der Waals surface area (Å²) in [7, 11) is -2.13. The Morgan fingerprint density at radius 3 is 2.72 bits per heavy atom. The van der Waals surface area contributed by atoms with Crippen molar-refractivity contribution >= 4 is 16.0 Å². The standard InChI is InChI=1S/C10H15N3O4S/c1-7-9(6-11-12(7)2)18(16,17)13-5-3-4-8(13)10(14)15/h6,8H,3-5H2,1-2H3,(H,14,15)/t8-/m0/s1. The van der Waals surface area contributed by atoms with Crippen molar-refractivity contribution in [2.75, 3.05) is 6.54 Å². The molecule has 7 nitrogen and oxygen atoms in total. The third kappa shape index (κ3) is 1.91. The molecule has 100 valence electrons. The number of hydrogen-bond acceptors (Lipinski definition) is 4. The van der Waals surface area contributed by atoms with E-state index < -0.39 is 22.0 Å². The van der Waals surface area contributed by atoms with Crippen LogP contribution in [0.25, 0.3) is 0 Å². The Kier molecular flexibility index (Phi) is 3.16. The highest BCUT2D eigenvalue weighted by atomic mass is 32.2. The SMILES string of the molecule is Cc1c(S(=O)(=O)N2CCC[C@H]2C(=O)O)cnn1C. The third-order valence-corrected chi connectivity index (χ3v) is 5.28. The van der Waals surface area contributed by atoms with Crippen LogP contribution in [0.5, 0.6) is 0 Å². The molecular formula is C10H15N3O4S. The van der Waals surface area contributed by atoms with E-state index in [1.807, 2.05) is 0 Å². The number of aryl methyl sites for hydroxylation is 1. The zero-order valence-corrected chi connectivity index (χ0v) is 11.0. The largest absolute Gasteiger partial charge is 0.480 e. The molecule has 0 bridgehead atoms. The Morgan fingerprint density at radius 1 is 1.56 bits per heavy atom. The molecule has 0 aromatic carbocycles. The number of aromatic nitrogens is 2. The highest BCUT2D eigenvalue weighted by Gasteiger charge is 2.40. The van der Waals surface area contributed by atoms with E-state index in [-0.39, 0.29) is 11.4 Å². The molecule has 1 atom stereocenters. The Balaban J connectivity index is 2.43. The van der Waals surface area contributed by atoms with Crippen molar-refractivity contribution in [3.8, 4) is 0 Å². The van der Waals surface area contributed by atoms with E-state index in [2.05, 4.69) is 5.10 Å². The Hall–Kier alpha value is -1.41. The van der Waals surface area contributed by atoms with Crippen LogP contribution in [-0.2, 0) is 21.9 Å². The van der Waals surface area contributed by atoms with E-state index in [9.17, 15) is 13.2 Å². The summed E-state index contributed by atoms with van der Waals surface area (Å²) >= 11 is 0. The molecule has 0 amide bonds. The lowest BCUT2D eigenvalue weighted by atomic mass is 10.2. The van der Waals surface area contributed by atoms with Gasteiger partial charge in [0, 0.05) is 13.6 Å². The number of sulfonamides is 1. The molecule has 18 heavy (non-hydrogen) atoms. The lowest BCUT2D eigenvalue weighted by Gasteiger charge is -2.20. The molecule has 2 rings (SSSR count). The minimum atomic E-state index is -3.77. The molecule has 0 saturated carbocycles.